The van der Waals surface area contributed by atoms with Gasteiger partial charge >= 0.3 is 0 Å². The number of benzene rings is 2. The minimum absolute atomic E-state index is 0.0342. The topological polar surface area (TPSA) is 28.5 Å². The molecule has 1 saturated heterocycles. The van der Waals surface area contributed by atoms with Gasteiger partial charge in [0, 0.05) is 44.1 Å². The number of anilines is 1. The fourth-order valence-electron chi connectivity index (χ4n) is 3.51. The van der Waals surface area contributed by atoms with E-state index in [0.717, 1.165) is 10.9 Å². The lowest BCUT2D eigenvalue weighted by Gasteiger charge is -2.36. The Labute approximate surface area is 146 Å². The smallest absolute Gasteiger partial charge is 0.270 e. The maximum Gasteiger partial charge on any atom is 0.270 e. The van der Waals surface area contributed by atoms with Gasteiger partial charge in [0.25, 0.3) is 5.91 Å². The Hall–Kier alpha value is -2.82. The van der Waals surface area contributed by atoms with Crippen molar-refractivity contribution in [2.45, 2.75) is 0 Å². The van der Waals surface area contributed by atoms with Crippen LogP contribution in [0.2, 0.25) is 0 Å². The number of carbonyl (C=O) groups excluding carboxylic acids is 1. The van der Waals surface area contributed by atoms with Gasteiger partial charge in [-0.2, -0.15) is 0 Å². The molecule has 1 aromatic heterocycles. The third-order valence-electron chi connectivity index (χ3n) is 4.93. The molecule has 3 aromatic rings. The summed E-state index contributed by atoms with van der Waals surface area (Å²) in [6.07, 6.45) is 0. The molecule has 0 unspecified atom stereocenters. The number of fused-ring (bicyclic) bond motifs is 1. The van der Waals surface area contributed by atoms with Gasteiger partial charge in [-0.3, -0.25) is 4.79 Å². The second-order valence-corrected chi connectivity index (χ2v) is 6.38. The molecule has 2 heterocycles. The zero-order valence-corrected chi connectivity index (χ0v) is 14.2. The van der Waals surface area contributed by atoms with Gasteiger partial charge in [0.1, 0.15) is 11.5 Å². The number of amides is 1. The van der Waals surface area contributed by atoms with Gasteiger partial charge in [-0.1, -0.05) is 30.3 Å². The van der Waals surface area contributed by atoms with Crippen molar-refractivity contribution in [3.8, 4) is 0 Å². The van der Waals surface area contributed by atoms with Crippen LogP contribution in [0.5, 0.6) is 0 Å². The first-order valence-electron chi connectivity index (χ1n) is 8.48. The molecule has 25 heavy (non-hydrogen) atoms. The highest BCUT2D eigenvalue weighted by Gasteiger charge is 2.25. The van der Waals surface area contributed by atoms with Crippen molar-refractivity contribution in [1.82, 2.24) is 9.47 Å². The summed E-state index contributed by atoms with van der Waals surface area (Å²) in [4.78, 5) is 16.8. The Morgan fingerprint density at radius 1 is 0.960 bits per heavy atom. The lowest BCUT2D eigenvalue weighted by molar-refractivity contribution is 0.0737. The van der Waals surface area contributed by atoms with Crippen molar-refractivity contribution in [2.75, 3.05) is 31.1 Å². The van der Waals surface area contributed by atoms with E-state index in [4.69, 9.17) is 0 Å². The average molecular weight is 337 g/mol. The predicted octanol–water partition coefficient (Wildman–Crippen LogP) is 3.28. The highest BCUT2D eigenvalue weighted by Crippen LogP contribution is 2.23. The van der Waals surface area contributed by atoms with Gasteiger partial charge in [-0.05, 0) is 24.3 Å². The third kappa shape index (κ3) is 2.76. The average Bonchev–Trinajstić information content (AvgIpc) is 2.99. The van der Waals surface area contributed by atoms with Crippen molar-refractivity contribution in [3.63, 3.8) is 0 Å². The van der Waals surface area contributed by atoms with Gasteiger partial charge in [0.05, 0.1) is 5.69 Å². The van der Waals surface area contributed by atoms with Crippen LogP contribution in [-0.2, 0) is 7.05 Å². The molecular formula is C20H20FN3O. The Morgan fingerprint density at radius 3 is 2.36 bits per heavy atom. The molecule has 5 heteroatoms. The molecule has 0 N–H and O–H groups in total. The van der Waals surface area contributed by atoms with Crippen LogP contribution in [-0.4, -0.2) is 41.6 Å². The predicted molar refractivity (Wildman–Crippen MR) is 97.4 cm³/mol. The van der Waals surface area contributed by atoms with Crippen LogP contribution >= 0.6 is 0 Å². The van der Waals surface area contributed by atoms with E-state index in [0.29, 0.717) is 37.6 Å². The van der Waals surface area contributed by atoms with Crippen LogP contribution in [0.3, 0.4) is 0 Å². The summed E-state index contributed by atoms with van der Waals surface area (Å²) in [6, 6.07) is 16.7. The van der Waals surface area contributed by atoms with Crippen LogP contribution in [0.1, 0.15) is 10.5 Å². The minimum atomic E-state index is -0.212. The molecule has 1 aliphatic rings. The largest absolute Gasteiger partial charge is 0.366 e. The molecule has 2 aromatic carbocycles. The number of rotatable bonds is 2. The maximum absolute atomic E-state index is 13.9. The molecule has 128 valence electrons. The number of hydrogen-bond donors (Lipinski definition) is 0. The lowest BCUT2D eigenvalue weighted by atomic mass is 10.2. The Morgan fingerprint density at radius 2 is 1.64 bits per heavy atom. The minimum Gasteiger partial charge on any atom is -0.366 e. The normalized spacial score (nSPS) is 15.0. The van der Waals surface area contributed by atoms with E-state index in [1.54, 1.807) is 12.1 Å². The van der Waals surface area contributed by atoms with E-state index in [-0.39, 0.29) is 11.7 Å². The molecule has 1 fully saturated rings. The molecule has 0 bridgehead atoms. The molecule has 1 amide bonds. The molecular weight excluding hydrogens is 317 g/mol. The zero-order chi connectivity index (χ0) is 17.4. The van der Waals surface area contributed by atoms with Crippen molar-refractivity contribution in [3.05, 3.63) is 66.1 Å². The summed E-state index contributed by atoms with van der Waals surface area (Å²) in [5.41, 5.74) is 2.36. The van der Waals surface area contributed by atoms with E-state index >= 15 is 0 Å². The molecule has 0 saturated carbocycles. The second kappa shape index (κ2) is 6.24. The van der Waals surface area contributed by atoms with Gasteiger partial charge < -0.3 is 14.4 Å². The summed E-state index contributed by atoms with van der Waals surface area (Å²) in [7, 11) is 1.92. The highest BCUT2D eigenvalue weighted by atomic mass is 19.1. The summed E-state index contributed by atoms with van der Waals surface area (Å²) in [5, 5.41) is 1.07. The molecule has 0 aliphatic carbocycles. The number of para-hydroxylation sites is 2. The van der Waals surface area contributed by atoms with Crippen molar-refractivity contribution < 1.29 is 9.18 Å². The number of carbonyl (C=O) groups is 1. The molecule has 0 radical (unpaired) electrons. The summed E-state index contributed by atoms with van der Waals surface area (Å²) >= 11 is 0. The van der Waals surface area contributed by atoms with Crippen LogP contribution in [0.15, 0.2) is 54.6 Å². The lowest BCUT2D eigenvalue weighted by Crippen LogP contribution is -2.49. The fraction of sp³-hybridized carbons (Fsp3) is 0.250. The highest BCUT2D eigenvalue weighted by molar-refractivity contribution is 5.98. The van der Waals surface area contributed by atoms with Crippen LogP contribution in [0.4, 0.5) is 10.1 Å². The molecule has 4 nitrogen and oxygen atoms in total. The zero-order valence-electron chi connectivity index (χ0n) is 14.2. The third-order valence-corrected chi connectivity index (χ3v) is 4.93. The molecule has 0 spiro atoms. The van der Waals surface area contributed by atoms with Crippen molar-refractivity contribution >= 4 is 22.5 Å². The quantitative estimate of drug-likeness (QED) is 0.718. The fourth-order valence-corrected chi connectivity index (χ4v) is 3.51. The monoisotopic (exact) mass is 337 g/mol. The summed E-state index contributed by atoms with van der Waals surface area (Å²) in [6.45, 7) is 2.45. The molecule has 0 atom stereocenters. The Kier molecular flexibility index (Phi) is 3.92. The van der Waals surface area contributed by atoms with Crippen LogP contribution in [0.25, 0.3) is 10.9 Å². The molecule has 1 aliphatic heterocycles. The summed E-state index contributed by atoms with van der Waals surface area (Å²) in [5.74, 6) is -0.178. The van der Waals surface area contributed by atoms with E-state index in [1.165, 1.54) is 6.07 Å². The van der Waals surface area contributed by atoms with Crippen molar-refractivity contribution in [1.29, 1.82) is 0 Å². The second-order valence-electron chi connectivity index (χ2n) is 6.38. The van der Waals surface area contributed by atoms with E-state index in [9.17, 15) is 9.18 Å². The summed E-state index contributed by atoms with van der Waals surface area (Å²) < 4.78 is 15.9. The number of aryl methyl sites for hydroxylation is 1. The van der Waals surface area contributed by atoms with E-state index < -0.39 is 0 Å². The first-order chi connectivity index (χ1) is 12.1. The van der Waals surface area contributed by atoms with Gasteiger partial charge in [-0.25, -0.2) is 4.39 Å². The Bertz CT molecular complexity index is 926. The van der Waals surface area contributed by atoms with Crippen LogP contribution in [0, 0.1) is 5.82 Å². The SMILES string of the molecule is Cn1c(C(=O)N2CCN(c3ccccc3F)CC2)cc2ccccc21. The van der Waals surface area contributed by atoms with Gasteiger partial charge in [0.15, 0.2) is 0 Å². The van der Waals surface area contributed by atoms with Gasteiger partial charge in [0.2, 0.25) is 0 Å². The number of piperazine rings is 1. The van der Waals surface area contributed by atoms with Gasteiger partial charge in [-0.15, -0.1) is 0 Å². The maximum atomic E-state index is 13.9. The van der Waals surface area contributed by atoms with E-state index in [1.807, 2.05) is 57.8 Å². The van der Waals surface area contributed by atoms with Crippen LogP contribution < -0.4 is 4.90 Å². The standard InChI is InChI=1S/C20H20FN3O/c1-22-17-8-4-2-6-15(17)14-19(22)20(25)24-12-10-23(11-13-24)18-9-5-3-7-16(18)21/h2-9,14H,10-13H2,1H3. The number of nitrogens with zero attached hydrogens (tertiary/aromatic N) is 3. The first kappa shape index (κ1) is 15.7. The first-order valence-corrected chi connectivity index (χ1v) is 8.48. The van der Waals surface area contributed by atoms with Crippen molar-refractivity contribution in [2.24, 2.45) is 7.05 Å². The number of hydrogen-bond acceptors (Lipinski definition) is 2. The Balaban J connectivity index is 1.51. The van der Waals surface area contributed by atoms with E-state index in [2.05, 4.69) is 0 Å². The molecule has 4 rings (SSSR count). The number of halogens is 1. The number of aromatic nitrogens is 1.